The number of benzene rings is 2. The number of nitrogens with one attached hydrogen (secondary N) is 1. The Kier molecular flexibility index (Phi) is 8.73. The predicted octanol–water partition coefficient (Wildman–Crippen LogP) is 5.68. The third kappa shape index (κ3) is 5.91. The lowest BCUT2D eigenvalue weighted by Crippen LogP contribution is -2.49. The van der Waals surface area contributed by atoms with Crippen molar-refractivity contribution in [1.29, 1.82) is 0 Å². The molecule has 3 aromatic rings. The number of azo groups is 1. The maximum absolute atomic E-state index is 12.0. The van der Waals surface area contributed by atoms with Crippen LogP contribution < -0.4 is 5.32 Å². The highest BCUT2D eigenvalue weighted by Gasteiger charge is 2.24. The number of aromatic nitrogens is 1. The highest BCUT2D eigenvalue weighted by molar-refractivity contribution is 7.80. The van der Waals surface area contributed by atoms with Gasteiger partial charge in [0, 0.05) is 37.3 Å². The molecule has 2 aromatic carbocycles. The molecule has 0 bridgehead atoms. The summed E-state index contributed by atoms with van der Waals surface area (Å²) in [6.07, 6.45) is 1.47. The third-order valence-electron chi connectivity index (χ3n) is 6.63. The maximum Gasteiger partial charge on any atom is 0.409 e. The van der Waals surface area contributed by atoms with Gasteiger partial charge in [-0.05, 0) is 49.2 Å². The van der Waals surface area contributed by atoms with Gasteiger partial charge in [0.25, 0.3) is 0 Å². The summed E-state index contributed by atoms with van der Waals surface area (Å²) < 4.78 is 6.93. The third-order valence-corrected chi connectivity index (χ3v) is 6.81. The van der Waals surface area contributed by atoms with Gasteiger partial charge in [-0.2, -0.15) is 0 Å². The average molecular weight is 523 g/mol. The molecule has 0 atom stereocenters. The first kappa shape index (κ1) is 26.6. The van der Waals surface area contributed by atoms with Crippen LogP contribution in [0.5, 0.6) is 5.88 Å². The van der Waals surface area contributed by atoms with Crippen LogP contribution in [0.25, 0.3) is 10.9 Å². The molecular formula is C27H34N6O3S. The highest BCUT2D eigenvalue weighted by atomic mass is 32.1. The van der Waals surface area contributed by atoms with Gasteiger partial charge in [0.05, 0.1) is 18.8 Å². The Morgan fingerprint density at radius 1 is 1.03 bits per heavy atom. The van der Waals surface area contributed by atoms with E-state index in [1.807, 2.05) is 28.8 Å². The van der Waals surface area contributed by atoms with E-state index in [1.165, 1.54) is 11.1 Å². The van der Waals surface area contributed by atoms with Gasteiger partial charge in [0.2, 0.25) is 11.0 Å². The van der Waals surface area contributed by atoms with Crippen molar-refractivity contribution in [2.24, 2.45) is 10.2 Å². The first-order valence-electron chi connectivity index (χ1n) is 12.7. The van der Waals surface area contributed by atoms with E-state index in [0.29, 0.717) is 45.1 Å². The second-order valence-corrected chi connectivity index (χ2v) is 9.24. The molecule has 9 nitrogen and oxygen atoms in total. The van der Waals surface area contributed by atoms with Gasteiger partial charge in [0.15, 0.2) is 5.69 Å². The number of hydrogen-bond donors (Lipinski definition) is 2. The number of carbonyl (C=O) groups is 1. The number of ether oxygens (including phenoxy) is 1. The van der Waals surface area contributed by atoms with Gasteiger partial charge >= 0.3 is 6.09 Å². The van der Waals surface area contributed by atoms with E-state index in [2.05, 4.69) is 52.5 Å². The number of amides is 1. The summed E-state index contributed by atoms with van der Waals surface area (Å²) >= 11 is 5.49. The largest absolute Gasteiger partial charge is 0.493 e. The number of carbonyl (C=O) groups excluding carboxylic acids is 1. The van der Waals surface area contributed by atoms with Gasteiger partial charge in [-0.25, -0.2) is 4.79 Å². The molecule has 2 heterocycles. The second-order valence-electron chi connectivity index (χ2n) is 8.85. The summed E-state index contributed by atoms with van der Waals surface area (Å²) in [6.45, 7) is 9.34. The number of nitrogens with zero attached hydrogens (tertiary/aromatic N) is 5. The van der Waals surface area contributed by atoms with Gasteiger partial charge in [-0.15, -0.1) is 10.2 Å². The van der Waals surface area contributed by atoms with E-state index < -0.39 is 0 Å². The normalized spacial score (nSPS) is 14.4. The van der Waals surface area contributed by atoms with Crippen molar-refractivity contribution in [3.63, 3.8) is 0 Å². The van der Waals surface area contributed by atoms with E-state index in [4.69, 9.17) is 17.0 Å². The summed E-state index contributed by atoms with van der Waals surface area (Å²) in [6, 6.07) is 13.9. The number of para-hydroxylation sites is 2. The van der Waals surface area contributed by atoms with Crippen molar-refractivity contribution >= 4 is 45.7 Å². The number of thiocarbonyl (C=S) groups is 1. The van der Waals surface area contributed by atoms with Gasteiger partial charge in [0.1, 0.15) is 0 Å². The number of anilines is 1. The number of rotatable bonds is 7. The molecule has 0 spiro atoms. The Morgan fingerprint density at radius 3 is 2.35 bits per heavy atom. The minimum atomic E-state index is -0.281. The number of piperazine rings is 1. The van der Waals surface area contributed by atoms with Crippen LogP contribution in [-0.2, 0) is 24.2 Å². The zero-order chi connectivity index (χ0) is 26.4. The minimum Gasteiger partial charge on any atom is -0.493 e. The van der Waals surface area contributed by atoms with E-state index in [-0.39, 0.29) is 17.1 Å². The Hall–Kier alpha value is -3.50. The fourth-order valence-corrected chi connectivity index (χ4v) is 4.77. The van der Waals surface area contributed by atoms with Crippen LogP contribution in [-0.4, -0.2) is 63.5 Å². The van der Waals surface area contributed by atoms with E-state index in [0.717, 1.165) is 29.4 Å². The number of fused-ring (bicyclic) bond motifs is 1. The fourth-order valence-electron chi connectivity index (χ4n) is 4.63. The van der Waals surface area contributed by atoms with Crippen molar-refractivity contribution in [1.82, 2.24) is 14.4 Å². The van der Waals surface area contributed by atoms with Crippen molar-refractivity contribution in [2.45, 2.75) is 40.3 Å². The Bertz CT molecular complexity index is 1270. The number of hydrogen-bond acceptors (Lipinski definition) is 6. The molecule has 10 heteroatoms. The molecule has 37 heavy (non-hydrogen) atoms. The predicted molar refractivity (Wildman–Crippen MR) is 150 cm³/mol. The van der Waals surface area contributed by atoms with E-state index in [9.17, 15) is 9.90 Å². The second kappa shape index (κ2) is 12.2. The minimum absolute atomic E-state index is 0.0313. The molecule has 1 fully saturated rings. The fraction of sp³-hybridized carbons (Fsp3) is 0.407. The first-order chi connectivity index (χ1) is 18.0. The monoisotopic (exact) mass is 522 g/mol. The molecule has 1 amide bonds. The van der Waals surface area contributed by atoms with Crippen LogP contribution in [0, 0.1) is 0 Å². The first-order valence-corrected chi connectivity index (χ1v) is 13.1. The zero-order valence-electron chi connectivity index (χ0n) is 21.6. The molecule has 0 aliphatic carbocycles. The van der Waals surface area contributed by atoms with Crippen LogP contribution in [0.3, 0.4) is 0 Å². The summed E-state index contributed by atoms with van der Waals surface area (Å²) in [5.74, 6) is 0.0313. The van der Waals surface area contributed by atoms with E-state index >= 15 is 0 Å². The van der Waals surface area contributed by atoms with Crippen LogP contribution >= 0.6 is 12.2 Å². The molecule has 0 saturated carbocycles. The van der Waals surface area contributed by atoms with Crippen LogP contribution in [0.1, 0.15) is 31.9 Å². The van der Waals surface area contributed by atoms with E-state index in [1.54, 1.807) is 11.8 Å². The van der Waals surface area contributed by atoms with Crippen molar-refractivity contribution in [3.8, 4) is 5.88 Å². The molecule has 1 aliphatic rings. The number of aryl methyl sites for hydroxylation is 2. The molecule has 196 valence electrons. The van der Waals surface area contributed by atoms with Crippen LogP contribution in [0.15, 0.2) is 52.7 Å². The van der Waals surface area contributed by atoms with Gasteiger partial charge in [-0.3, -0.25) is 9.47 Å². The van der Waals surface area contributed by atoms with Crippen LogP contribution in [0.4, 0.5) is 16.2 Å². The molecule has 1 aliphatic heterocycles. The lowest BCUT2D eigenvalue weighted by molar-refractivity contribution is 0.0705. The lowest BCUT2D eigenvalue weighted by Gasteiger charge is -2.34. The lowest BCUT2D eigenvalue weighted by atomic mass is 10.0. The summed E-state index contributed by atoms with van der Waals surface area (Å²) in [7, 11) is 0. The van der Waals surface area contributed by atoms with Crippen molar-refractivity contribution < 1.29 is 14.6 Å². The molecule has 0 unspecified atom stereocenters. The molecule has 1 aromatic heterocycles. The SMILES string of the molecule is CCOC(=O)N1CCN(Cn2c(O)c(N=NC(=S)Nc3c(CC)cccc3CC)c3ccccc32)CC1. The van der Waals surface area contributed by atoms with Crippen molar-refractivity contribution in [2.75, 3.05) is 38.1 Å². The maximum atomic E-state index is 12.0. The van der Waals surface area contributed by atoms with Crippen molar-refractivity contribution in [3.05, 3.63) is 53.6 Å². The van der Waals surface area contributed by atoms with Gasteiger partial charge < -0.3 is 20.1 Å². The molecular weight excluding hydrogens is 488 g/mol. The van der Waals surface area contributed by atoms with Crippen LogP contribution in [0.2, 0.25) is 0 Å². The Morgan fingerprint density at radius 2 is 1.70 bits per heavy atom. The standard InChI is InChI=1S/C27H34N6O3S/c1-4-19-10-9-11-20(5-2)23(19)28-26(37)30-29-24-21-12-7-8-13-22(21)33(25(24)34)18-31-14-16-32(17-15-31)27(35)36-6-3/h7-13,34H,4-6,14-18H2,1-3H3,(H,28,37). The zero-order valence-corrected chi connectivity index (χ0v) is 22.4. The summed E-state index contributed by atoms with van der Waals surface area (Å²) in [5.41, 5.74) is 4.54. The Labute approximate surface area is 222 Å². The molecule has 1 saturated heterocycles. The van der Waals surface area contributed by atoms with Gasteiger partial charge in [-0.1, -0.05) is 50.2 Å². The summed E-state index contributed by atoms with van der Waals surface area (Å²) in [4.78, 5) is 15.9. The highest BCUT2D eigenvalue weighted by Crippen LogP contribution is 2.39. The smallest absolute Gasteiger partial charge is 0.409 e. The Balaban J connectivity index is 1.52. The quantitative estimate of drug-likeness (QED) is 0.306. The summed E-state index contributed by atoms with van der Waals surface area (Å²) in [5, 5.41) is 24.1. The molecule has 4 rings (SSSR count). The average Bonchev–Trinajstić information content (AvgIpc) is 3.18. The topological polar surface area (TPSA) is 94.7 Å². The molecule has 0 radical (unpaired) electrons. The molecule has 2 N–H and O–H groups in total. The number of aromatic hydroxyl groups is 1.